The van der Waals surface area contributed by atoms with E-state index in [-0.39, 0.29) is 36.4 Å². The van der Waals surface area contributed by atoms with Crippen LogP contribution >= 0.6 is 7.60 Å². The van der Waals surface area contributed by atoms with Crippen LogP contribution in [0.15, 0.2) is 12.9 Å². The van der Waals surface area contributed by atoms with Gasteiger partial charge in [-0.1, -0.05) is 6.58 Å². The first-order valence-corrected chi connectivity index (χ1v) is 9.19. The van der Waals surface area contributed by atoms with Crippen LogP contribution in [0.1, 0.15) is 25.3 Å². The molecule has 1 aromatic rings. The van der Waals surface area contributed by atoms with Crippen LogP contribution in [0, 0.1) is 0 Å². The number of ether oxygens (including phenoxy) is 1. The van der Waals surface area contributed by atoms with E-state index in [0.717, 1.165) is 0 Å². The lowest BCUT2D eigenvalue weighted by Gasteiger charge is -2.18. The van der Waals surface area contributed by atoms with Gasteiger partial charge in [-0.15, -0.1) is 0 Å². The highest BCUT2D eigenvalue weighted by molar-refractivity contribution is 7.52. The van der Waals surface area contributed by atoms with Gasteiger partial charge in [0.15, 0.2) is 6.23 Å². The minimum absolute atomic E-state index is 0.0353. The summed E-state index contributed by atoms with van der Waals surface area (Å²) in [5.74, 6) is 0.140. The molecule has 0 saturated carbocycles. The first kappa shape index (κ1) is 18.9. The molecule has 10 nitrogen and oxygen atoms in total. The summed E-state index contributed by atoms with van der Waals surface area (Å²) in [6, 6.07) is 0. The molecule has 1 aliphatic rings. The van der Waals surface area contributed by atoms with Crippen molar-refractivity contribution >= 4 is 19.1 Å². The Morgan fingerprint density at radius 2 is 2.21 bits per heavy atom. The number of hydrogen-bond donors (Lipinski definition) is 5. The molecule has 7 N–H and O–H groups in total. The average molecular weight is 362 g/mol. The smallest absolute Gasteiger partial charge is 0.328 e. The van der Waals surface area contributed by atoms with E-state index in [0.29, 0.717) is 0 Å². The highest BCUT2D eigenvalue weighted by Crippen LogP contribution is 2.44. The molecular formula is C13H23N4O6P. The number of nitrogens with zero attached hydrogens (tertiary/aromatic N) is 2. The number of aliphatic hydroxyl groups is 2. The molecule has 1 unspecified atom stereocenters. The first-order chi connectivity index (χ1) is 11.2. The molecule has 0 radical (unpaired) electrons. The molecule has 1 aromatic heterocycles. The number of aromatic nitrogens is 2. The van der Waals surface area contributed by atoms with Crippen LogP contribution in [0.4, 0.5) is 5.82 Å². The van der Waals surface area contributed by atoms with Crippen molar-refractivity contribution in [3.63, 3.8) is 0 Å². The fraction of sp³-hybridized carbons (Fsp3) is 0.615. The lowest BCUT2D eigenvalue weighted by molar-refractivity contribution is -0.0365. The molecule has 0 aliphatic carbocycles. The van der Waals surface area contributed by atoms with Crippen molar-refractivity contribution in [1.82, 2.24) is 9.55 Å². The Bertz CT molecular complexity index is 650. The molecule has 1 saturated heterocycles. The molecule has 5 atom stereocenters. The maximum Gasteiger partial charge on any atom is 0.328 e. The molecule has 2 heterocycles. The van der Waals surface area contributed by atoms with Crippen molar-refractivity contribution in [2.45, 2.75) is 37.9 Å². The number of imidazole rings is 1. The predicted octanol–water partition coefficient (Wildman–Crippen LogP) is -0.374. The summed E-state index contributed by atoms with van der Waals surface area (Å²) in [5, 5.41) is 20.3. The van der Waals surface area contributed by atoms with Gasteiger partial charge in [0, 0.05) is 0 Å². The third-order valence-electron chi connectivity index (χ3n) is 3.77. The Morgan fingerprint density at radius 3 is 2.75 bits per heavy atom. The van der Waals surface area contributed by atoms with E-state index in [1.165, 1.54) is 10.9 Å². The number of nitrogen functional groups attached to an aromatic ring is 1. The van der Waals surface area contributed by atoms with Crippen LogP contribution in [0.3, 0.4) is 0 Å². The summed E-state index contributed by atoms with van der Waals surface area (Å²) in [4.78, 5) is 13.6. The van der Waals surface area contributed by atoms with Gasteiger partial charge in [-0.2, -0.15) is 0 Å². The Kier molecular flexibility index (Phi) is 5.69. The molecule has 0 aromatic carbocycles. The minimum atomic E-state index is -3.75. The SMILES string of the molecule is C=C(N)c1ncn([C@@H]2O[C@H](CCP(=O)(O)OCC)[C@@H](O)[C@H]2O)c1N. The number of rotatable bonds is 7. The third kappa shape index (κ3) is 3.80. The summed E-state index contributed by atoms with van der Waals surface area (Å²) >= 11 is 0. The Labute approximate surface area is 139 Å². The van der Waals surface area contributed by atoms with E-state index in [1.54, 1.807) is 6.92 Å². The lowest BCUT2D eigenvalue weighted by Crippen LogP contribution is -2.32. The van der Waals surface area contributed by atoms with E-state index >= 15 is 0 Å². The van der Waals surface area contributed by atoms with Gasteiger partial charge >= 0.3 is 7.60 Å². The second-order valence-electron chi connectivity index (χ2n) is 5.52. The van der Waals surface area contributed by atoms with Crippen molar-refractivity contribution in [3.05, 3.63) is 18.6 Å². The maximum atomic E-state index is 11.7. The highest BCUT2D eigenvalue weighted by Gasteiger charge is 2.44. The molecule has 1 fully saturated rings. The molecule has 0 spiro atoms. The lowest BCUT2D eigenvalue weighted by atomic mass is 10.1. The summed E-state index contributed by atoms with van der Waals surface area (Å²) in [6.07, 6.45) is -3.21. The normalized spacial score (nSPS) is 29.5. The molecule has 2 rings (SSSR count). The molecule has 0 amide bonds. The second kappa shape index (κ2) is 7.22. The Hall–Kier alpha value is -1.42. The zero-order chi connectivity index (χ0) is 18.1. The maximum absolute atomic E-state index is 11.7. The number of hydrogen-bond acceptors (Lipinski definition) is 8. The largest absolute Gasteiger partial charge is 0.397 e. The van der Waals surface area contributed by atoms with Crippen molar-refractivity contribution < 1.29 is 28.9 Å². The monoisotopic (exact) mass is 362 g/mol. The molecular weight excluding hydrogens is 339 g/mol. The predicted molar refractivity (Wildman–Crippen MR) is 86.7 cm³/mol. The zero-order valence-electron chi connectivity index (χ0n) is 13.3. The van der Waals surface area contributed by atoms with E-state index in [2.05, 4.69) is 11.6 Å². The molecule has 11 heteroatoms. The van der Waals surface area contributed by atoms with Gasteiger partial charge in [0.1, 0.15) is 23.7 Å². The van der Waals surface area contributed by atoms with E-state index in [4.69, 9.17) is 20.7 Å². The molecule has 1 aliphatic heterocycles. The van der Waals surface area contributed by atoms with Crippen molar-refractivity contribution in [3.8, 4) is 0 Å². The molecule has 136 valence electrons. The zero-order valence-corrected chi connectivity index (χ0v) is 14.2. The van der Waals surface area contributed by atoms with Gasteiger partial charge in [-0.05, 0) is 13.3 Å². The first-order valence-electron chi connectivity index (χ1n) is 7.43. The summed E-state index contributed by atoms with van der Waals surface area (Å²) in [6.45, 7) is 5.25. The van der Waals surface area contributed by atoms with E-state index < -0.39 is 32.1 Å². The van der Waals surface area contributed by atoms with Gasteiger partial charge in [0.05, 0.1) is 30.9 Å². The van der Waals surface area contributed by atoms with Crippen molar-refractivity contribution in [2.75, 3.05) is 18.5 Å². The van der Waals surface area contributed by atoms with Gasteiger partial charge in [-0.3, -0.25) is 9.13 Å². The fourth-order valence-electron chi connectivity index (χ4n) is 2.58. The summed E-state index contributed by atoms with van der Waals surface area (Å²) in [5.41, 5.74) is 11.9. The van der Waals surface area contributed by atoms with Crippen LogP contribution in [-0.4, -0.2) is 55.7 Å². The average Bonchev–Trinajstić information content (AvgIpc) is 2.99. The quantitative estimate of drug-likeness (QED) is 0.406. The highest BCUT2D eigenvalue weighted by atomic mass is 31.2. The van der Waals surface area contributed by atoms with Crippen LogP contribution in [-0.2, 0) is 13.8 Å². The van der Waals surface area contributed by atoms with E-state index in [1.807, 2.05) is 0 Å². The standard InChI is InChI=1S/C13H23N4O6P/c1-3-22-24(20,21)5-4-8-10(18)11(19)13(23-8)17-6-16-9(7(2)14)12(17)15/h6,8,10-11,13,18-19H,2-5,14-15H2,1H3,(H,20,21)/t8-,10-,11-,13-/m1/s1. The summed E-state index contributed by atoms with van der Waals surface area (Å²) < 4.78 is 23.4. The van der Waals surface area contributed by atoms with Gasteiger partial charge in [0.25, 0.3) is 0 Å². The second-order valence-corrected chi connectivity index (χ2v) is 7.51. The Morgan fingerprint density at radius 1 is 1.54 bits per heavy atom. The molecule has 0 bridgehead atoms. The van der Waals surface area contributed by atoms with Crippen LogP contribution in [0.2, 0.25) is 0 Å². The number of anilines is 1. The van der Waals surface area contributed by atoms with Crippen LogP contribution in [0.5, 0.6) is 0 Å². The van der Waals surface area contributed by atoms with Crippen LogP contribution < -0.4 is 11.5 Å². The van der Waals surface area contributed by atoms with Gasteiger partial charge < -0.3 is 35.8 Å². The third-order valence-corrected chi connectivity index (χ3v) is 5.26. The van der Waals surface area contributed by atoms with Crippen molar-refractivity contribution in [2.24, 2.45) is 5.73 Å². The minimum Gasteiger partial charge on any atom is -0.397 e. The topological polar surface area (TPSA) is 166 Å². The Balaban J connectivity index is 2.10. The number of nitrogens with two attached hydrogens (primary N) is 2. The fourth-order valence-corrected chi connectivity index (χ4v) is 3.69. The summed E-state index contributed by atoms with van der Waals surface area (Å²) in [7, 11) is -3.75. The molecule has 24 heavy (non-hydrogen) atoms. The van der Waals surface area contributed by atoms with Crippen molar-refractivity contribution in [1.29, 1.82) is 0 Å². The van der Waals surface area contributed by atoms with Gasteiger partial charge in [0.2, 0.25) is 0 Å². The van der Waals surface area contributed by atoms with Gasteiger partial charge in [-0.25, -0.2) is 4.98 Å². The van der Waals surface area contributed by atoms with Crippen LogP contribution in [0.25, 0.3) is 5.70 Å². The van der Waals surface area contributed by atoms with E-state index in [9.17, 15) is 19.7 Å². The number of aliphatic hydroxyl groups excluding tert-OH is 2.